The second kappa shape index (κ2) is 44.6. The van der Waals surface area contributed by atoms with Gasteiger partial charge in [-0.15, -0.1) is 0 Å². The van der Waals surface area contributed by atoms with Crippen LogP contribution in [0.5, 0.6) is 0 Å². The average molecular weight is 442 g/mol. The van der Waals surface area contributed by atoms with E-state index >= 15 is 0 Å². The maximum absolute atomic E-state index is 8.30. The van der Waals surface area contributed by atoms with Crippen LogP contribution in [-0.4, -0.2) is 28.3 Å². The molecule has 0 bridgehead atoms. The maximum atomic E-state index is 8.30. The van der Waals surface area contributed by atoms with E-state index in [9.17, 15) is 0 Å². The summed E-state index contributed by atoms with van der Waals surface area (Å²) in [6, 6.07) is 0. The molecule has 0 rings (SSSR count). The standard InChI is InChI=1S/Al.Nb.O.H3Si.Ta.Zr.3H/h;;;1H3;;;;;. The number of hydrogen-bond acceptors (Lipinski definition) is 1. The molecule has 0 aliphatic heterocycles. The summed E-state index contributed by atoms with van der Waals surface area (Å²) in [6.07, 6.45) is 0. The normalized spacial score (nSPS) is 0.500. The summed E-state index contributed by atoms with van der Waals surface area (Å²) in [7, 11) is 0. The van der Waals surface area contributed by atoms with Gasteiger partial charge in [0.1, 0.15) is 0 Å². The fourth-order valence-electron chi connectivity index (χ4n) is 0. The van der Waals surface area contributed by atoms with Crippen molar-refractivity contribution in [2.45, 2.75) is 0 Å². The van der Waals surface area contributed by atoms with Crippen LogP contribution in [0.3, 0.4) is 0 Å². The van der Waals surface area contributed by atoms with E-state index in [4.69, 9.17) is 3.25 Å². The molecule has 2 radical (unpaired) electrons. The van der Waals surface area contributed by atoms with Gasteiger partial charge in [-0.2, -0.15) is 0 Å². The second-order valence-electron chi connectivity index (χ2n) is 0. The van der Waals surface area contributed by atoms with E-state index in [-0.39, 0.29) is 76.9 Å². The fraction of sp³-hybridized carbons (Fsp3) is 0. The molecule has 6 heavy (non-hydrogen) atoms. The van der Waals surface area contributed by atoms with Crippen molar-refractivity contribution in [1.82, 2.24) is 0 Å². The molecule has 6 heteroatoms. The molecule has 0 saturated carbocycles. The Hall–Kier alpha value is 2.91. The Morgan fingerprint density at radius 1 is 1.17 bits per heavy atom. The van der Waals surface area contributed by atoms with Crippen LogP contribution < -0.4 is 0 Å². The largest absolute Gasteiger partial charge is 0.0125 e. The van der Waals surface area contributed by atoms with Crippen LogP contribution in [0.1, 0.15) is 0 Å². The monoisotopic (exact) mass is 441 g/mol. The van der Waals surface area contributed by atoms with Gasteiger partial charge in [0, 0.05) is 48.6 Å². The van der Waals surface area contributed by atoms with Crippen molar-refractivity contribution in [2.24, 2.45) is 0 Å². The van der Waals surface area contributed by atoms with E-state index in [1.807, 2.05) is 0 Å². The van der Waals surface area contributed by atoms with E-state index in [1.165, 1.54) is 0 Å². The molecule has 0 amide bonds. The first-order chi connectivity index (χ1) is 1.00. The first-order valence-electron chi connectivity index (χ1n) is 0.183. The van der Waals surface area contributed by atoms with Gasteiger partial charge in [-0.25, -0.2) is 0 Å². The van der Waals surface area contributed by atoms with Gasteiger partial charge >= 0.3 is 24.3 Å². The molecule has 0 aromatic rings. The van der Waals surface area contributed by atoms with Crippen molar-refractivity contribution in [3.63, 3.8) is 0 Å². The van der Waals surface area contributed by atoms with Gasteiger partial charge in [-0.3, -0.25) is 0 Å². The molecule has 0 N–H and O–H groups in total. The summed E-state index contributed by atoms with van der Waals surface area (Å²) >= 11 is 0.500. The van der Waals surface area contributed by atoms with Crippen molar-refractivity contribution < 1.29 is 72.9 Å². The third kappa shape index (κ3) is 28.5. The minimum absolute atomic E-state index is 0. The third-order valence-corrected chi connectivity index (χ3v) is 0. The van der Waals surface area contributed by atoms with Gasteiger partial charge in [0.25, 0.3) is 0 Å². The van der Waals surface area contributed by atoms with E-state index in [0.717, 1.165) is 0 Å². The van der Waals surface area contributed by atoms with Gasteiger partial charge in [0.2, 0.25) is 0 Å². The number of rotatable bonds is 0. The van der Waals surface area contributed by atoms with Gasteiger partial charge < -0.3 is 0 Å². The summed E-state index contributed by atoms with van der Waals surface area (Å²) in [5.74, 6) is 0. The zero-order valence-corrected chi connectivity index (χ0v) is 12.7. The zero-order chi connectivity index (χ0) is 2.00. The summed E-state index contributed by atoms with van der Waals surface area (Å²) in [5.41, 5.74) is 0. The molecule has 0 aromatic carbocycles. The molecule has 0 unspecified atom stereocenters. The van der Waals surface area contributed by atoms with E-state index < -0.39 is 0 Å². The van der Waals surface area contributed by atoms with Crippen LogP contribution in [0.15, 0.2) is 0 Å². The van der Waals surface area contributed by atoms with E-state index in [2.05, 4.69) is 0 Å². The van der Waals surface area contributed by atoms with Crippen LogP contribution >= 0.6 is 0 Å². The van der Waals surface area contributed by atoms with E-state index in [0.29, 0.717) is 21.0 Å². The van der Waals surface area contributed by atoms with Crippen LogP contribution in [0.2, 0.25) is 0 Å². The predicted molar refractivity (Wildman–Crippen MR) is 20.6 cm³/mol. The number of hydrogen-bond donors (Lipinski definition) is 0. The van der Waals surface area contributed by atoms with Gasteiger partial charge in [-0.05, 0) is 11.0 Å². The molecule has 0 heterocycles. The smallest absolute Gasteiger partial charge is 0 e. The quantitative estimate of drug-likeness (QED) is 0.380. The predicted octanol–water partition coefficient (Wildman–Crippen LogP) is -2.49. The molecule has 0 atom stereocenters. The minimum atomic E-state index is 0. The molecule has 0 fully saturated rings. The summed E-state index contributed by atoms with van der Waals surface area (Å²) in [4.78, 5) is 0. The molecule has 0 aliphatic rings. The van der Waals surface area contributed by atoms with Crippen LogP contribution in [0, 0.1) is 0 Å². The second-order valence-corrected chi connectivity index (χ2v) is 0. The third-order valence-electron chi connectivity index (χ3n) is 0. The SMILES string of the molecule is [AlH3].[O]=[Nb].[SiH3].[Ta].[Zr]. The Kier molecular flexibility index (Phi) is 271. The Morgan fingerprint density at radius 3 is 1.17 bits per heavy atom. The molecule has 0 aromatic heterocycles. The molecule has 33 valence electrons. The molecule has 0 spiro atoms. The van der Waals surface area contributed by atoms with Crippen molar-refractivity contribution in [1.29, 1.82) is 0 Å². The van der Waals surface area contributed by atoms with Crippen LogP contribution in [-0.2, 0) is 72.9 Å². The summed E-state index contributed by atoms with van der Waals surface area (Å²) in [6.45, 7) is 0. The summed E-state index contributed by atoms with van der Waals surface area (Å²) < 4.78 is 8.30. The Balaban J connectivity index is -0.000000000833. The fourth-order valence-corrected chi connectivity index (χ4v) is 0. The first kappa shape index (κ1) is 36.4. The van der Waals surface area contributed by atoms with Crippen molar-refractivity contribution >= 4 is 28.3 Å². The van der Waals surface area contributed by atoms with Crippen molar-refractivity contribution in [2.75, 3.05) is 0 Å². The summed E-state index contributed by atoms with van der Waals surface area (Å²) in [5, 5.41) is 0. The maximum Gasteiger partial charge on any atom is 0 e. The molecule has 0 aliphatic carbocycles. The minimum Gasteiger partial charge on any atom is -0.0125 e. The molecular weight excluding hydrogens is 436 g/mol. The van der Waals surface area contributed by atoms with Crippen molar-refractivity contribution in [3.05, 3.63) is 0 Å². The molecular formula is H6AlNbOSiTaZr. The zero-order valence-electron chi connectivity index (χ0n) is 2.80. The first-order valence-corrected chi connectivity index (χ1v) is 1.08. The van der Waals surface area contributed by atoms with E-state index in [1.54, 1.807) is 0 Å². The van der Waals surface area contributed by atoms with Crippen molar-refractivity contribution in [3.8, 4) is 0 Å². The Labute approximate surface area is 99.4 Å². The van der Waals surface area contributed by atoms with Gasteiger partial charge in [0.15, 0.2) is 17.4 Å². The van der Waals surface area contributed by atoms with Crippen LogP contribution in [0.25, 0.3) is 0 Å². The molecule has 0 saturated heterocycles. The van der Waals surface area contributed by atoms with Crippen LogP contribution in [0.4, 0.5) is 0 Å². The molecule has 1 nitrogen and oxygen atoms in total. The Bertz CT molecular complexity index is 15.5. The Morgan fingerprint density at radius 2 is 1.17 bits per heavy atom. The average Bonchev–Trinajstić information content (AvgIpc) is 1.00. The van der Waals surface area contributed by atoms with Gasteiger partial charge in [-0.1, -0.05) is 0 Å². The van der Waals surface area contributed by atoms with Gasteiger partial charge in [0.05, 0.1) is 0 Å². The topological polar surface area (TPSA) is 17.1 Å².